The second-order valence-corrected chi connectivity index (χ2v) is 5.84. The molecule has 0 bridgehead atoms. The van der Waals surface area contributed by atoms with Gasteiger partial charge in [-0.2, -0.15) is 0 Å². The van der Waals surface area contributed by atoms with E-state index in [4.69, 9.17) is 0 Å². The Morgan fingerprint density at radius 1 is 0.773 bits per heavy atom. The zero-order valence-corrected chi connectivity index (χ0v) is 12.5. The molecule has 0 saturated heterocycles. The van der Waals surface area contributed by atoms with Crippen molar-refractivity contribution in [3.8, 4) is 11.1 Å². The molecular formula is C22H18. The van der Waals surface area contributed by atoms with Gasteiger partial charge < -0.3 is 0 Å². The number of rotatable bonds is 3. The van der Waals surface area contributed by atoms with Crippen LogP contribution in [0.4, 0.5) is 0 Å². The summed E-state index contributed by atoms with van der Waals surface area (Å²) in [5, 5.41) is 0. The third-order valence-corrected chi connectivity index (χ3v) is 4.57. The zero-order chi connectivity index (χ0) is 14.9. The monoisotopic (exact) mass is 282 g/mol. The van der Waals surface area contributed by atoms with Crippen LogP contribution in [0.1, 0.15) is 28.2 Å². The molecular weight excluding hydrogens is 264 g/mol. The molecule has 22 heavy (non-hydrogen) atoms. The van der Waals surface area contributed by atoms with Crippen LogP contribution in [0.3, 0.4) is 0 Å². The van der Waals surface area contributed by atoms with Crippen LogP contribution in [0.25, 0.3) is 11.1 Å². The van der Waals surface area contributed by atoms with E-state index in [1.807, 2.05) is 0 Å². The molecule has 1 aliphatic carbocycles. The van der Waals surface area contributed by atoms with E-state index in [2.05, 4.69) is 85.5 Å². The van der Waals surface area contributed by atoms with E-state index in [0.29, 0.717) is 5.92 Å². The summed E-state index contributed by atoms with van der Waals surface area (Å²) in [6, 6.07) is 26.1. The maximum atomic E-state index is 4.09. The molecule has 3 aromatic rings. The van der Waals surface area contributed by atoms with Gasteiger partial charge in [0.05, 0.1) is 0 Å². The molecule has 1 aliphatic rings. The molecule has 0 heterocycles. The Morgan fingerprint density at radius 2 is 1.50 bits per heavy atom. The minimum absolute atomic E-state index is 0.311. The lowest BCUT2D eigenvalue weighted by Gasteiger charge is -2.14. The maximum absolute atomic E-state index is 4.09. The summed E-state index contributed by atoms with van der Waals surface area (Å²) in [7, 11) is 0. The molecule has 0 nitrogen and oxygen atoms in total. The molecule has 0 aliphatic heterocycles. The van der Waals surface area contributed by atoms with Gasteiger partial charge in [0.2, 0.25) is 0 Å². The van der Waals surface area contributed by atoms with Gasteiger partial charge in [-0.15, -0.1) is 6.58 Å². The number of allylic oxidation sites excluding steroid dienone is 1. The van der Waals surface area contributed by atoms with Crippen molar-refractivity contribution in [2.24, 2.45) is 0 Å². The first-order valence-electron chi connectivity index (χ1n) is 7.76. The Morgan fingerprint density at radius 3 is 2.32 bits per heavy atom. The highest BCUT2D eigenvalue weighted by Gasteiger charge is 2.28. The van der Waals surface area contributed by atoms with Crippen LogP contribution >= 0.6 is 0 Å². The molecule has 4 rings (SSSR count). The molecule has 3 aromatic carbocycles. The standard InChI is InChI=1S/C22H18/c1-2-18-19-12-6-7-13-20(19)21-14-8-11-17(22(18)21)15-16-9-4-3-5-10-16/h2-14,18H,1,15H2. The molecule has 0 N–H and O–H groups in total. The topological polar surface area (TPSA) is 0 Å². The second-order valence-electron chi connectivity index (χ2n) is 5.84. The van der Waals surface area contributed by atoms with Crippen molar-refractivity contribution >= 4 is 0 Å². The Kier molecular flexibility index (Phi) is 3.16. The highest BCUT2D eigenvalue weighted by atomic mass is 14.3. The molecule has 0 aromatic heterocycles. The van der Waals surface area contributed by atoms with E-state index in [1.165, 1.54) is 33.4 Å². The van der Waals surface area contributed by atoms with Gasteiger partial charge >= 0.3 is 0 Å². The second kappa shape index (κ2) is 5.31. The van der Waals surface area contributed by atoms with Gasteiger partial charge in [0.25, 0.3) is 0 Å². The lowest BCUT2D eigenvalue weighted by atomic mass is 9.90. The van der Waals surface area contributed by atoms with Gasteiger partial charge in [0, 0.05) is 5.92 Å². The van der Waals surface area contributed by atoms with E-state index >= 15 is 0 Å². The first kappa shape index (κ1) is 13.1. The van der Waals surface area contributed by atoms with Gasteiger partial charge in [-0.1, -0.05) is 78.9 Å². The lowest BCUT2D eigenvalue weighted by Crippen LogP contribution is -1.99. The SMILES string of the molecule is C=CC1c2ccccc2-c2cccc(Cc3ccccc3)c21. The molecule has 1 unspecified atom stereocenters. The zero-order valence-electron chi connectivity index (χ0n) is 12.5. The Hall–Kier alpha value is -2.60. The molecule has 1 atom stereocenters. The minimum atomic E-state index is 0.311. The summed E-state index contributed by atoms with van der Waals surface area (Å²) in [5.41, 5.74) is 8.31. The van der Waals surface area contributed by atoms with Crippen LogP contribution < -0.4 is 0 Å². The number of benzene rings is 3. The molecule has 0 radical (unpaired) electrons. The van der Waals surface area contributed by atoms with Crippen molar-refractivity contribution in [3.63, 3.8) is 0 Å². The summed E-state index contributed by atoms with van der Waals surface area (Å²) in [5.74, 6) is 0.311. The third kappa shape index (κ3) is 2.00. The molecule has 0 saturated carbocycles. The predicted molar refractivity (Wildman–Crippen MR) is 93.2 cm³/mol. The fourth-order valence-electron chi connectivity index (χ4n) is 3.60. The average molecular weight is 282 g/mol. The molecule has 0 fully saturated rings. The van der Waals surface area contributed by atoms with Gasteiger partial charge in [-0.05, 0) is 39.8 Å². The number of hydrogen-bond acceptors (Lipinski definition) is 0. The van der Waals surface area contributed by atoms with Gasteiger partial charge in [-0.3, -0.25) is 0 Å². The molecule has 0 amide bonds. The van der Waals surface area contributed by atoms with Crippen LogP contribution in [0.5, 0.6) is 0 Å². The summed E-state index contributed by atoms with van der Waals surface area (Å²) in [6.45, 7) is 4.09. The summed E-state index contributed by atoms with van der Waals surface area (Å²) < 4.78 is 0. The van der Waals surface area contributed by atoms with Crippen molar-refractivity contribution < 1.29 is 0 Å². The van der Waals surface area contributed by atoms with E-state index in [0.717, 1.165) is 6.42 Å². The van der Waals surface area contributed by atoms with Crippen LogP contribution in [-0.2, 0) is 6.42 Å². The van der Waals surface area contributed by atoms with Crippen molar-refractivity contribution in [1.29, 1.82) is 0 Å². The van der Waals surface area contributed by atoms with Crippen LogP contribution in [-0.4, -0.2) is 0 Å². The largest absolute Gasteiger partial charge is 0.102 e. The van der Waals surface area contributed by atoms with E-state index < -0.39 is 0 Å². The van der Waals surface area contributed by atoms with Crippen molar-refractivity contribution in [3.05, 3.63) is 108 Å². The smallest absolute Gasteiger partial charge is 0.0282 e. The van der Waals surface area contributed by atoms with Crippen molar-refractivity contribution in [2.45, 2.75) is 12.3 Å². The van der Waals surface area contributed by atoms with Crippen LogP contribution in [0.2, 0.25) is 0 Å². The predicted octanol–water partition coefficient (Wildman–Crippen LogP) is 5.58. The number of hydrogen-bond donors (Lipinski definition) is 0. The van der Waals surface area contributed by atoms with Crippen molar-refractivity contribution in [2.75, 3.05) is 0 Å². The molecule has 0 heteroatoms. The Labute approximate surface area is 131 Å². The maximum Gasteiger partial charge on any atom is 0.0282 e. The van der Waals surface area contributed by atoms with E-state index in [1.54, 1.807) is 0 Å². The Balaban J connectivity index is 1.86. The minimum Gasteiger partial charge on any atom is -0.102 e. The highest BCUT2D eigenvalue weighted by molar-refractivity contribution is 5.81. The van der Waals surface area contributed by atoms with Crippen LogP contribution in [0.15, 0.2) is 85.5 Å². The van der Waals surface area contributed by atoms with Gasteiger partial charge in [0.1, 0.15) is 0 Å². The third-order valence-electron chi connectivity index (χ3n) is 4.57. The Bertz CT molecular complexity index is 828. The fourth-order valence-corrected chi connectivity index (χ4v) is 3.60. The molecule has 106 valence electrons. The molecule has 0 spiro atoms. The van der Waals surface area contributed by atoms with Crippen molar-refractivity contribution in [1.82, 2.24) is 0 Å². The highest BCUT2D eigenvalue weighted by Crippen LogP contribution is 2.46. The van der Waals surface area contributed by atoms with Crippen LogP contribution in [0, 0.1) is 0 Å². The van der Waals surface area contributed by atoms with Gasteiger partial charge in [-0.25, -0.2) is 0 Å². The summed E-state index contributed by atoms with van der Waals surface area (Å²) >= 11 is 0. The van der Waals surface area contributed by atoms with E-state index in [9.17, 15) is 0 Å². The normalized spacial score (nSPS) is 15.2. The van der Waals surface area contributed by atoms with E-state index in [-0.39, 0.29) is 0 Å². The van der Waals surface area contributed by atoms with Gasteiger partial charge in [0.15, 0.2) is 0 Å². The fraction of sp³-hybridized carbons (Fsp3) is 0.0909. The first-order valence-corrected chi connectivity index (χ1v) is 7.76. The summed E-state index contributed by atoms with van der Waals surface area (Å²) in [4.78, 5) is 0. The number of fused-ring (bicyclic) bond motifs is 3. The first-order chi connectivity index (χ1) is 10.9. The summed E-state index contributed by atoms with van der Waals surface area (Å²) in [6.07, 6.45) is 3.06. The lowest BCUT2D eigenvalue weighted by molar-refractivity contribution is 1.02. The quantitative estimate of drug-likeness (QED) is 0.550. The average Bonchev–Trinajstić information content (AvgIpc) is 2.91.